The lowest BCUT2D eigenvalue weighted by Gasteiger charge is -2.11. The van der Waals surface area contributed by atoms with Crippen LogP contribution in [0.4, 0.5) is 5.69 Å². The maximum atomic E-state index is 12.8. The lowest BCUT2D eigenvalue weighted by atomic mass is 10.1. The summed E-state index contributed by atoms with van der Waals surface area (Å²) >= 11 is 0. The quantitative estimate of drug-likeness (QED) is 0.437. The number of hydrazone groups is 1. The zero-order chi connectivity index (χ0) is 22.0. The Kier molecular flexibility index (Phi) is 5.44. The largest absolute Gasteiger partial charge is 0.379 e. The standard InChI is InChI=1S/C24H20N2O4S/c1-17-8-14-22(15-9-17)31(28,29)30-21-12-10-19(11-13-21)16-23-18(2)25-26(24(23)27)20-6-4-3-5-7-20/h3-16H,1-2H3/b23-16+. The number of amides is 1. The molecule has 3 aromatic carbocycles. The minimum absolute atomic E-state index is 0.0914. The minimum atomic E-state index is -3.92. The predicted octanol–water partition coefficient (Wildman–Crippen LogP) is 4.57. The molecule has 0 atom stereocenters. The van der Waals surface area contributed by atoms with E-state index in [9.17, 15) is 13.2 Å². The number of carbonyl (C=O) groups excluding carboxylic acids is 1. The first kappa shape index (κ1) is 20.6. The molecule has 0 N–H and O–H groups in total. The van der Waals surface area contributed by atoms with Crippen LogP contribution in [0.2, 0.25) is 0 Å². The number of benzene rings is 3. The van der Waals surface area contributed by atoms with E-state index >= 15 is 0 Å². The highest BCUT2D eigenvalue weighted by atomic mass is 32.2. The molecule has 4 rings (SSSR count). The van der Waals surface area contributed by atoms with Gasteiger partial charge in [0.1, 0.15) is 10.6 Å². The molecule has 3 aromatic rings. The van der Waals surface area contributed by atoms with E-state index in [4.69, 9.17) is 4.18 Å². The first-order valence-electron chi connectivity index (χ1n) is 9.61. The third-order valence-corrected chi connectivity index (χ3v) is 6.03. The predicted molar refractivity (Wildman–Crippen MR) is 120 cm³/mol. The summed E-state index contributed by atoms with van der Waals surface area (Å²) in [6, 6.07) is 22.1. The van der Waals surface area contributed by atoms with Gasteiger partial charge in [-0.3, -0.25) is 4.79 Å². The Morgan fingerprint density at radius 2 is 1.52 bits per heavy atom. The van der Waals surface area contributed by atoms with Crippen LogP contribution in [-0.4, -0.2) is 20.0 Å². The highest BCUT2D eigenvalue weighted by Crippen LogP contribution is 2.26. The Morgan fingerprint density at radius 1 is 0.871 bits per heavy atom. The molecule has 0 radical (unpaired) electrons. The van der Waals surface area contributed by atoms with Gasteiger partial charge >= 0.3 is 10.1 Å². The first-order chi connectivity index (χ1) is 14.8. The Hall–Kier alpha value is -3.71. The summed E-state index contributed by atoms with van der Waals surface area (Å²) in [7, 11) is -3.92. The third kappa shape index (κ3) is 4.41. The number of rotatable bonds is 5. The molecule has 1 amide bonds. The van der Waals surface area contributed by atoms with Crippen LogP contribution in [0.15, 0.2) is 94.4 Å². The number of hydrogen-bond acceptors (Lipinski definition) is 5. The van der Waals surface area contributed by atoms with Crippen LogP contribution in [0.3, 0.4) is 0 Å². The Morgan fingerprint density at radius 3 is 2.16 bits per heavy atom. The van der Waals surface area contributed by atoms with Crippen molar-refractivity contribution in [3.63, 3.8) is 0 Å². The van der Waals surface area contributed by atoms with Crippen LogP contribution in [0.5, 0.6) is 5.75 Å². The van der Waals surface area contributed by atoms with E-state index in [0.717, 1.165) is 11.1 Å². The summed E-state index contributed by atoms with van der Waals surface area (Å²) in [5, 5.41) is 5.72. The van der Waals surface area contributed by atoms with E-state index in [-0.39, 0.29) is 16.6 Å². The smallest absolute Gasteiger partial charge is 0.339 e. The molecule has 31 heavy (non-hydrogen) atoms. The van der Waals surface area contributed by atoms with Crippen LogP contribution in [0.1, 0.15) is 18.1 Å². The molecule has 156 valence electrons. The molecule has 0 bridgehead atoms. The summed E-state index contributed by atoms with van der Waals surface area (Å²) < 4.78 is 30.1. The van der Waals surface area contributed by atoms with Crippen molar-refractivity contribution < 1.29 is 17.4 Å². The van der Waals surface area contributed by atoms with Gasteiger partial charge in [-0.25, -0.2) is 0 Å². The fourth-order valence-electron chi connectivity index (χ4n) is 3.09. The van der Waals surface area contributed by atoms with Crippen molar-refractivity contribution >= 4 is 33.5 Å². The van der Waals surface area contributed by atoms with Gasteiger partial charge in [-0.05, 0) is 61.9 Å². The second-order valence-corrected chi connectivity index (χ2v) is 8.66. The second-order valence-electron chi connectivity index (χ2n) is 7.12. The van der Waals surface area contributed by atoms with Crippen molar-refractivity contribution in [1.29, 1.82) is 0 Å². The summed E-state index contributed by atoms with van der Waals surface area (Å²) in [5.74, 6) is -0.0252. The maximum Gasteiger partial charge on any atom is 0.339 e. The number of anilines is 1. The zero-order valence-electron chi connectivity index (χ0n) is 17.0. The van der Waals surface area contributed by atoms with Gasteiger partial charge in [0.2, 0.25) is 0 Å². The van der Waals surface area contributed by atoms with Crippen molar-refractivity contribution in [3.05, 3.63) is 95.6 Å². The molecule has 1 heterocycles. The van der Waals surface area contributed by atoms with Crippen molar-refractivity contribution in [3.8, 4) is 5.75 Å². The maximum absolute atomic E-state index is 12.8. The van der Waals surface area contributed by atoms with Crippen LogP contribution < -0.4 is 9.19 Å². The molecule has 0 spiro atoms. The normalized spacial score (nSPS) is 15.3. The number of aryl methyl sites for hydroxylation is 1. The number of nitrogens with zero attached hydrogens (tertiary/aromatic N) is 2. The van der Waals surface area contributed by atoms with Gasteiger partial charge in [0.15, 0.2) is 0 Å². The highest BCUT2D eigenvalue weighted by molar-refractivity contribution is 7.87. The molecule has 0 saturated heterocycles. The SMILES string of the molecule is CC1=NN(c2ccccc2)C(=O)/C1=C/c1ccc(OS(=O)(=O)c2ccc(C)cc2)cc1. The van der Waals surface area contributed by atoms with Gasteiger partial charge in [-0.1, -0.05) is 48.0 Å². The second kappa shape index (κ2) is 8.20. The lowest BCUT2D eigenvalue weighted by Crippen LogP contribution is -2.21. The first-order valence-corrected chi connectivity index (χ1v) is 11.0. The van der Waals surface area contributed by atoms with Crippen LogP contribution in [-0.2, 0) is 14.9 Å². The molecule has 0 fully saturated rings. The summed E-state index contributed by atoms with van der Waals surface area (Å²) in [5.41, 5.74) is 3.47. The van der Waals surface area contributed by atoms with Crippen molar-refractivity contribution in [2.75, 3.05) is 5.01 Å². The van der Waals surface area contributed by atoms with Gasteiger partial charge < -0.3 is 4.18 Å². The van der Waals surface area contributed by atoms with E-state index in [1.54, 1.807) is 49.4 Å². The minimum Gasteiger partial charge on any atom is -0.379 e. The molecule has 0 aliphatic carbocycles. The van der Waals surface area contributed by atoms with E-state index in [0.29, 0.717) is 17.0 Å². The molecule has 0 aromatic heterocycles. The third-order valence-electron chi connectivity index (χ3n) is 4.77. The lowest BCUT2D eigenvalue weighted by molar-refractivity contribution is -0.114. The van der Waals surface area contributed by atoms with E-state index in [1.165, 1.54) is 17.1 Å². The summed E-state index contributed by atoms with van der Waals surface area (Å²) in [6.45, 7) is 3.66. The van der Waals surface area contributed by atoms with Crippen molar-refractivity contribution in [2.45, 2.75) is 18.7 Å². The Bertz CT molecular complexity index is 1280. The molecule has 7 heteroatoms. The van der Waals surface area contributed by atoms with Gasteiger partial charge in [0.25, 0.3) is 5.91 Å². The molecular formula is C24H20N2O4S. The van der Waals surface area contributed by atoms with E-state index in [2.05, 4.69) is 5.10 Å². The monoisotopic (exact) mass is 432 g/mol. The topological polar surface area (TPSA) is 76.0 Å². The van der Waals surface area contributed by atoms with Crippen LogP contribution in [0.25, 0.3) is 6.08 Å². The van der Waals surface area contributed by atoms with E-state index < -0.39 is 10.1 Å². The fraction of sp³-hybridized carbons (Fsp3) is 0.0833. The van der Waals surface area contributed by atoms with E-state index in [1.807, 2.05) is 37.3 Å². The Balaban J connectivity index is 1.52. The average Bonchev–Trinajstić information content (AvgIpc) is 3.04. The van der Waals surface area contributed by atoms with Gasteiger partial charge in [0.05, 0.1) is 17.0 Å². The number of hydrogen-bond donors (Lipinski definition) is 0. The highest BCUT2D eigenvalue weighted by Gasteiger charge is 2.28. The number of carbonyl (C=O) groups is 1. The van der Waals surface area contributed by atoms with Gasteiger partial charge in [-0.15, -0.1) is 0 Å². The van der Waals surface area contributed by atoms with Crippen LogP contribution in [0, 0.1) is 6.92 Å². The van der Waals surface area contributed by atoms with Crippen molar-refractivity contribution in [1.82, 2.24) is 0 Å². The molecule has 0 saturated carbocycles. The van der Waals surface area contributed by atoms with Crippen LogP contribution >= 0.6 is 0 Å². The zero-order valence-corrected chi connectivity index (χ0v) is 17.8. The van der Waals surface area contributed by atoms with Crippen molar-refractivity contribution in [2.24, 2.45) is 5.10 Å². The molecule has 1 aliphatic rings. The summed E-state index contributed by atoms with van der Waals surface area (Å²) in [4.78, 5) is 12.9. The molecule has 6 nitrogen and oxygen atoms in total. The Labute approximate surface area is 181 Å². The summed E-state index contributed by atoms with van der Waals surface area (Å²) in [6.07, 6.45) is 1.72. The number of para-hydroxylation sites is 1. The molecular weight excluding hydrogens is 412 g/mol. The fourth-order valence-corrected chi connectivity index (χ4v) is 4.02. The molecule has 0 unspecified atom stereocenters. The molecule has 1 aliphatic heterocycles. The average molecular weight is 433 g/mol. The van der Waals surface area contributed by atoms with Gasteiger partial charge in [0, 0.05) is 0 Å². The van der Waals surface area contributed by atoms with Gasteiger partial charge in [-0.2, -0.15) is 18.5 Å².